The molecular weight excluding hydrogens is 397 g/mol. The molecule has 2 aliphatic heterocycles. The van der Waals surface area contributed by atoms with Crippen molar-refractivity contribution in [1.29, 1.82) is 0 Å². The smallest absolute Gasteiger partial charge is 0.410 e. The predicted octanol–water partition coefficient (Wildman–Crippen LogP) is 4.81. The fourth-order valence-electron chi connectivity index (χ4n) is 3.93. The lowest BCUT2D eigenvalue weighted by molar-refractivity contribution is -0.173. The molecule has 9 heteroatoms. The van der Waals surface area contributed by atoms with Crippen molar-refractivity contribution in [2.75, 3.05) is 19.5 Å². The van der Waals surface area contributed by atoms with E-state index in [2.05, 4.69) is 15.4 Å². The molecule has 0 radical (unpaired) electrons. The highest BCUT2D eigenvalue weighted by Gasteiger charge is 2.46. The van der Waals surface area contributed by atoms with Crippen LogP contribution in [0.1, 0.15) is 43.1 Å². The first-order chi connectivity index (χ1) is 14.3. The summed E-state index contributed by atoms with van der Waals surface area (Å²) in [6.45, 7) is 1.96. The number of methoxy groups -OCH3 is 2. The van der Waals surface area contributed by atoms with Crippen LogP contribution in [-0.2, 0) is 0 Å². The summed E-state index contributed by atoms with van der Waals surface area (Å²) in [6.07, 6.45) is -0.469. The molecule has 0 saturated carbocycles. The molecular formula is C21H23F3N4O2. The molecule has 3 heterocycles. The van der Waals surface area contributed by atoms with Crippen LogP contribution in [0.25, 0.3) is 5.57 Å². The topological polar surface area (TPSA) is 60.7 Å². The van der Waals surface area contributed by atoms with Crippen LogP contribution in [0.2, 0.25) is 0 Å². The Labute approximate surface area is 172 Å². The Hall–Kier alpha value is -2.97. The largest absolute Gasteiger partial charge is 0.493 e. The third-order valence-corrected chi connectivity index (χ3v) is 5.46. The maximum Gasteiger partial charge on any atom is 0.410 e. The summed E-state index contributed by atoms with van der Waals surface area (Å²) in [4.78, 5) is 4.27. The van der Waals surface area contributed by atoms with Gasteiger partial charge >= 0.3 is 6.18 Å². The molecule has 3 unspecified atom stereocenters. The minimum Gasteiger partial charge on any atom is -0.493 e. The zero-order chi connectivity index (χ0) is 21.5. The molecule has 0 fully saturated rings. The van der Waals surface area contributed by atoms with Crippen molar-refractivity contribution in [3.8, 4) is 11.5 Å². The molecule has 30 heavy (non-hydrogen) atoms. The van der Waals surface area contributed by atoms with Crippen LogP contribution < -0.4 is 14.8 Å². The number of aromatic nitrogens is 2. The van der Waals surface area contributed by atoms with Gasteiger partial charge in [-0.2, -0.15) is 18.3 Å². The van der Waals surface area contributed by atoms with Gasteiger partial charge in [-0.1, -0.05) is 6.07 Å². The Morgan fingerprint density at radius 1 is 1.13 bits per heavy atom. The first-order valence-corrected chi connectivity index (χ1v) is 9.67. The van der Waals surface area contributed by atoms with Gasteiger partial charge in [0.05, 0.1) is 32.0 Å². The highest BCUT2D eigenvalue weighted by atomic mass is 19.4. The highest BCUT2D eigenvalue weighted by Crippen LogP contribution is 2.45. The fraction of sp³-hybridized carbons (Fsp3) is 0.429. The van der Waals surface area contributed by atoms with Gasteiger partial charge in [0.15, 0.2) is 17.5 Å². The zero-order valence-corrected chi connectivity index (χ0v) is 16.9. The maximum absolute atomic E-state index is 13.9. The van der Waals surface area contributed by atoms with Crippen molar-refractivity contribution in [3.63, 3.8) is 0 Å². The number of halogens is 3. The minimum atomic E-state index is -4.43. The lowest BCUT2D eigenvalue weighted by atomic mass is 9.96. The van der Waals surface area contributed by atoms with Crippen LogP contribution in [0.4, 0.5) is 19.0 Å². The number of dihydropyridines is 1. The van der Waals surface area contributed by atoms with Gasteiger partial charge in [-0.15, -0.1) is 0 Å². The predicted molar refractivity (Wildman–Crippen MR) is 108 cm³/mol. The summed E-state index contributed by atoms with van der Waals surface area (Å²) in [5.41, 5.74) is 2.11. The maximum atomic E-state index is 13.9. The molecule has 0 spiro atoms. The number of nitrogens with zero attached hydrogens (tertiary/aromatic N) is 3. The number of nitrogens with one attached hydrogen (secondary N) is 1. The number of hydrogen-bond donors (Lipinski definition) is 1. The van der Waals surface area contributed by atoms with E-state index in [0.717, 1.165) is 10.3 Å². The lowest BCUT2D eigenvalue weighted by Crippen LogP contribution is -2.35. The van der Waals surface area contributed by atoms with Crippen LogP contribution >= 0.6 is 0 Å². The van der Waals surface area contributed by atoms with E-state index in [4.69, 9.17) is 9.47 Å². The summed E-state index contributed by atoms with van der Waals surface area (Å²) in [6, 6.07) is 4.65. The van der Waals surface area contributed by atoms with E-state index in [1.165, 1.54) is 14.2 Å². The van der Waals surface area contributed by atoms with E-state index in [9.17, 15) is 13.2 Å². The van der Waals surface area contributed by atoms with E-state index >= 15 is 0 Å². The molecule has 3 atom stereocenters. The van der Waals surface area contributed by atoms with E-state index in [-0.39, 0.29) is 12.5 Å². The number of ether oxygens (including phenoxy) is 2. The van der Waals surface area contributed by atoms with Gasteiger partial charge in [-0.05, 0) is 42.7 Å². The van der Waals surface area contributed by atoms with Gasteiger partial charge in [0.25, 0.3) is 0 Å². The van der Waals surface area contributed by atoms with Crippen molar-refractivity contribution in [1.82, 2.24) is 9.78 Å². The van der Waals surface area contributed by atoms with E-state index < -0.39 is 18.3 Å². The third-order valence-electron chi connectivity index (χ3n) is 5.46. The summed E-state index contributed by atoms with van der Waals surface area (Å²) in [5, 5.41) is 7.52. The summed E-state index contributed by atoms with van der Waals surface area (Å²) >= 11 is 0. The summed E-state index contributed by atoms with van der Waals surface area (Å²) in [7, 11) is 3.01. The quantitative estimate of drug-likeness (QED) is 0.771. The van der Waals surface area contributed by atoms with Crippen molar-refractivity contribution < 1.29 is 22.6 Å². The average Bonchev–Trinajstić information content (AvgIpc) is 3.16. The van der Waals surface area contributed by atoms with Gasteiger partial charge in [-0.25, -0.2) is 4.68 Å². The number of anilines is 1. The normalized spacial score (nSPS) is 23.4. The molecule has 0 saturated heterocycles. The average molecular weight is 420 g/mol. The van der Waals surface area contributed by atoms with Gasteiger partial charge < -0.3 is 14.8 Å². The number of alkyl halides is 3. The number of hydrogen-bond acceptors (Lipinski definition) is 5. The monoisotopic (exact) mass is 420 g/mol. The van der Waals surface area contributed by atoms with Crippen LogP contribution in [0, 0.1) is 0 Å². The van der Waals surface area contributed by atoms with Crippen molar-refractivity contribution in [2.45, 2.75) is 44.1 Å². The number of benzene rings is 1. The van der Waals surface area contributed by atoms with Crippen molar-refractivity contribution >= 4 is 17.6 Å². The number of aliphatic imine (C=N–C) groups is 1. The second-order valence-electron chi connectivity index (χ2n) is 7.51. The first kappa shape index (κ1) is 20.3. The standard InChI is InChI=1S/C21H23F3N4O2/c1-12-8-14(6-7-25-12)16-11-20-26-15(10-19(21(22,23)24)28(20)27-16)13-4-5-17(29-2)18(9-13)30-3/h4-7,9,11-12,15,19,26H,8,10H2,1-3H3. The van der Waals surface area contributed by atoms with E-state index in [1.54, 1.807) is 30.5 Å². The summed E-state index contributed by atoms with van der Waals surface area (Å²) < 4.78 is 53.4. The molecule has 6 nitrogen and oxygen atoms in total. The second kappa shape index (κ2) is 7.70. The Morgan fingerprint density at radius 3 is 2.57 bits per heavy atom. The second-order valence-corrected chi connectivity index (χ2v) is 7.51. The Bertz CT molecular complexity index is 997. The molecule has 160 valence electrons. The Balaban J connectivity index is 1.71. The number of fused-ring (bicyclic) bond motifs is 1. The Morgan fingerprint density at radius 2 is 1.90 bits per heavy atom. The van der Waals surface area contributed by atoms with E-state index in [1.807, 2.05) is 13.0 Å². The number of allylic oxidation sites excluding steroid dienone is 1. The summed E-state index contributed by atoms with van der Waals surface area (Å²) in [5.74, 6) is 1.34. The van der Waals surface area contributed by atoms with Crippen LogP contribution in [0.15, 0.2) is 35.3 Å². The Kier molecular flexibility index (Phi) is 5.21. The van der Waals surface area contributed by atoms with Crippen LogP contribution in [0.3, 0.4) is 0 Å². The first-order valence-electron chi connectivity index (χ1n) is 9.67. The molecule has 2 aromatic rings. The molecule has 1 N–H and O–H groups in total. The van der Waals surface area contributed by atoms with Crippen LogP contribution in [0.5, 0.6) is 11.5 Å². The van der Waals surface area contributed by atoms with Gasteiger partial charge in [-0.3, -0.25) is 4.99 Å². The minimum absolute atomic E-state index is 0.0783. The number of rotatable bonds is 4. The zero-order valence-electron chi connectivity index (χ0n) is 16.9. The lowest BCUT2D eigenvalue weighted by Gasteiger charge is -2.33. The van der Waals surface area contributed by atoms with Gasteiger partial charge in [0, 0.05) is 18.7 Å². The van der Waals surface area contributed by atoms with Crippen molar-refractivity contribution in [3.05, 3.63) is 41.6 Å². The van der Waals surface area contributed by atoms with Gasteiger partial charge in [0.2, 0.25) is 0 Å². The highest BCUT2D eigenvalue weighted by molar-refractivity contribution is 5.86. The van der Waals surface area contributed by atoms with Crippen LogP contribution in [-0.4, -0.2) is 42.4 Å². The molecule has 4 rings (SSSR count). The molecule has 0 bridgehead atoms. The third kappa shape index (κ3) is 3.76. The SMILES string of the molecule is COc1ccc(C2CC(C(F)(F)F)n3nc(C4=CC=NC(C)C4)cc3N2)cc1OC. The van der Waals surface area contributed by atoms with E-state index in [0.29, 0.717) is 35.0 Å². The molecule has 1 aromatic heterocycles. The fourth-order valence-corrected chi connectivity index (χ4v) is 3.93. The molecule has 0 amide bonds. The molecule has 0 aliphatic carbocycles. The molecule has 1 aromatic carbocycles. The molecule has 2 aliphatic rings. The van der Waals surface area contributed by atoms with Gasteiger partial charge in [0.1, 0.15) is 5.82 Å². The van der Waals surface area contributed by atoms with Crippen molar-refractivity contribution in [2.24, 2.45) is 4.99 Å².